The summed E-state index contributed by atoms with van der Waals surface area (Å²) in [5.74, 6) is 3.42. The standard InChI is InChI=1S/C36H24BNO2/c1-23-18-28(22-38-21-23)29-14-17-34-35-36(29)40-33-16-13-27(25-10-6-3-7-11-25)20-31(33)37(35)30-19-26(12-15-32(30)39-34)24-8-4-2-5-9-24/h2-22H,1H3. The second kappa shape index (κ2) is 8.99. The predicted molar refractivity (Wildman–Crippen MR) is 163 cm³/mol. The van der Waals surface area contributed by atoms with E-state index in [2.05, 4.69) is 127 Å². The third-order valence-electron chi connectivity index (χ3n) is 7.92. The molecule has 0 saturated carbocycles. The van der Waals surface area contributed by atoms with Crippen LogP contribution in [0.1, 0.15) is 5.56 Å². The molecule has 0 N–H and O–H groups in total. The van der Waals surface area contributed by atoms with Crippen molar-refractivity contribution in [3.05, 3.63) is 133 Å². The van der Waals surface area contributed by atoms with Crippen LogP contribution >= 0.6 is 0 Å². The van der Waals surface area contributed by atoms with Crippen molar-refractivity contribution in [2.45, 2.75) is 6.92 Å². The van der Waals surface area contributed by atoms with Crippen molar-refractivity contribution in [2.75, 3.05) is 0 Å². The molecule has 40 heavy (non-hydrogen) atoms. The van der Waals surface area contributed by atoms with Crippen LogP contribution in [-0.2, 0) is 0 Å². The second-order valence-corrected chi connectivity index (χ2v) is 10.5. The summed E-state index contributed by atoms with van der Waals surface area (Å²) in [4.78, 5) is 4.47. The van der Waals surface area contributed by atoms with Gasteiger partial charge in [-0.15, -0.1) is 0 Å². The number of pyridine rings is 1. The summed E-state index contributed by atoms with van der Waals surface area (Å²) in [6, 6.07) is 40.4. The zero-order valence-corrected chi connectivity index (χ0v) is 22.0. The SMILES string of the molecule is Cc1cncc(-c2ccc3c4c2Oc2ccc(-c5ccccc5)cc2B4c2cc(-c4ccccc4)ccc2O3)c1. The minimum Gasteiger partial charge on any atom is -0.458 e. The Morgan fingerprint density at radius 1 is 0.525 bits per heavy atom. The van der Waals surface area contributed by atoms with Gasteiger partial charge in [0.2, 0.25) is 0 Å². The van der Waals surface area contributed by atoms with Crippen LogP contribution < -0.4 is 25.9 Å². The van der Waals surface area contributed by atoms with Crippen LogP contribution in [0.4, 0.5) is 0 Å². The molecule has 0 spiro atoms. The van der Waals surface area contributed by atoms with Gasteiger partial charge in [0, 0.05) is 29.0 Å². The Balaban J connectivity index is 1.38. The van der Waals surface area contributed by atoms with Gasteiger partial charge in [-0.25, -0.2) is 0 Å². The fourth-order valence-electron chi connectivity index (χ4n) is 6.04. The molecule has 1 aromatic heterocycles. The Morgan fingerprint density at radius 2 is 1.12 bits per heavy atom. The lowest BCUT2D eigenvalue weighted by Crippen LogP contribution is -2.57. The first-order chi connectivity index (χ1) is 19.7. The van der Waals surface area contributed by atoms with Crippen LogP contribution in [-0.4, -0.2) is 11.7 Å². The minimum absolute atomic E-state index is 0.0393. The zero-order chi connectivity index (χ0) is 26.6. The molecular weight excluding hydrogens is 489 g/mol. The van der Waals surface area contributed by atoms with Gasteiger partial charge in [0.05, 0.1) is 0 Å². The number of hydrogen-bond donors (Lipinski definition) is 0. The van der Waals surface area contributed by atoms with Crippen LogP contribution in [0, 0.1) is 6.92 Å². The summed E-state index contributed by atoms with van der Waals surface area (Å²) >= 11 is 0. The maximum atomic E-state index is 6.76. The molecule has 8 rings (SSSR count). The van der Waals surface area contributed by atoms with E-state index in [0.717, 1.165) is 56.1 Å². The van der Waals surface area contributed by atoms with Crippen molar-refractivity contribution in [2.24, 2.45) is 0 Å². The van der Waals surface area contributed by atoms with E-state index in [-0.39, 0.29) is 6.71 Å². The first kappa shape index (κ1) is 22.9. The molecule has 0 fully saturated rings. The van der Waals surface area contributed by atoms with E-state index in [9.17, 15) is 0 Å². The number of aromatic nitrogens is 1. The van der Waals surface area contributed by atoms with Gasteiger partial charge >= 0.3 is 0 Å². The van der Waals surface area contributed by atoms with Gasteiger partial charge in [-0.3, -0.25) is 4.98 Å². The maximum Gasteiger partial charge on any atom is 0.260 e. The Bertz CT molecular complexity index is 1870. The molecular formula is C36H24BNO2. The molecule has 0 unspecified atom stereocenters. The van der Waals surface area contributed by atoms with Crippen molar-refractivity contribution < 1.29 is 9.47 Å². The van der Waals surface area contributed by atoms with Crippen molar-refractivity contribution in [1.82, 2.24) is 4.98 Å². The monoisotopic (exact) mass is 513 g/mol. The molecule has 3 heterocycles. The van der Waals surface area contributed by atoms with E-state index in [1.807, 2.05) is 12.4 Å². The first-order valence-electron chi connectivity index (χ1n) is 13.6. The average Bonchev–Trinajstić information content (AvgIpc) is 3.01. The number of benzene rings is 5. The van der Waals surface area contributed by atoms with E-state index in [1.165, 1.54) is 22.3 Å². The molecule has 2 aliphatic rings. The largest absolute Gasteiger partial charge is 0.458 e. The van der Waals surface area contributed by atoms with Gasteiger partial charge < -0.3 is 9.47 Å². The smallest absolute Gasteiger partial charge is 0.260 e. The molecule has 3 nitrogen and oxygen atoms in total. The van der Waals surface area contributed by atoms with Crippen LogP contribution in [0.15, 0.2) is 128 Å². The maximum absolute atomic E-state index is 6.76. The third-order valence-corrected chi connectivity index (χ3v) is 7.92. The molecule has 4 heteroatoms. The summed E-state index contributed by atoms with van der Waals surface area (Å²) in [6.45, 7) is 2.03. The summed E-state index contributed by atoms with van der Waals surface area (Å²) in [7, 11) is 0. The normalized spacial score (nSPS) is 12.5. The molecule has 0 amide bonds. The van der Waals surface area contributed by atoms with E-state index in [1.54, 1.807) is 0 Å². The van der Waals surface area contributed by atoms with Gasteiger partial charge in [-0.1, -0.05) is 84.9 Å². The molecule has 2 aliphatic heterocycles. The molecule has 0 saturated heterocycles. The van der Waals surface area contributed by atoms with Crippen molar-refractivity contribution >= 4 is 23.1 Å². The van der Waals surface area contributed by atoms with E-state index in [0.29, 0.717) is 0 Å². The number of rotatable bonds is 3. The van der Waals surface area contributed by atoms with Crippen LogP contribution in [0.25, 0.3) is 33.4 Å². The zero-order valence-electron chi connectivity index (χ0n) is 22.0. The van der Waals surface area contributed by atoms with E-state index < -0.39 is 0 Å². The topological polar surface area (TPSA) is 31.4 Å². The highest BCUT2D eigenvalue weighted by molar-refractivity contribution is 6.98. The molecule has 6 aromatic rings. The lowest BCUT2D eigenvalue weighted by atomic mass is 9.34. The molecule has 0 bridgehead atoms. The van der Waals surface area contributed by atoms with E-state index >= 15 is 0 Å². The highest BCUT2D eigenvalue weighted by Crippen LogP contribution is 2.41. The highest BCUT2D eigenvalue weighted by atomic mass is 16.5. The van der Waals surface area contributed by atoms with Gasteiger partial charge in [0.1, 0.15) is 23.0 Å². The van der Waals surface area contributed by atoms with Crippen LogP contribution in [0.3, 0.4) is 0 Å². The fraction of sp³-hybridized carbons (Fsp3) is 0.0278. The minimum atomic E-state index is -0.0393. The molecule has 5 aromatic carbocycles. The summed E-state index contributed by atoms with van der Waals surface area (Å²) < 4.78 is 13.3. The summed E-state index contributed by atoms with van der Waals surface area (Å²) in [5, 5.41) is 0. The summed E-state index contributed by atoms with van der Waals surface area (Å²) in [6.07, 6.45) is 3.78. The van der Waals surface area contributed by atoms with E-state index in [4.69, 9.17) is 9.47 Å². The number of fused-ring (bicyclic) bond motifs is 4. The average molecular weight is 513 g/mol. The third kappa shape index (κ3) is 3.64. The second-order valence-electron chi connectivity index (χ2n) is 10.5. The molecule has 0 atom stereocenters. The first-order valence-corrected chi connectivity index (χ1v) is 13.6. The van der Waals surface area contributed by atoms with Crippen LogP contribution in [0.5, 0.6) is 23.0 Å². The molecule has 0 radical (unpaired) electrons. The van der Waals surface area contributed by atoms with Crippen molar-refractivity contribution in [3.8, 4) is 56.4 Å². The highest BCUT2D eigenvalue weighted by Gasteiger charge is 2.41. The summed E-state index contributed by atoms with van der Waals surface area (Å²) in [5.41, 5.74) is 11.2. The molecule has 188 valence electrons. The quantitative estimate of drug-likeness (QED) is 0.236. The van der Waals surface area contributed by atoms with Gasteiger partial charge in [0.25, 0.3) is 6.71 Å². The Morgan fingerprint density at radius 3 is 1.75 bits per heavy atom. The number of aryl methyl sites for hydroxylation is 1. The molecule has 0 aliphatic carbocycles. The van der Waals surface area contributed by atoms with Gasteiger partial charge in [-0.2, -0.15) is 0 Å². The Kier molecular flexibility index (Phi) is 5.14. The Hall–Kier alpha value is -5.09. The number of nitrogens with zero attached hydrogens (tertiary/aromatic N) is 1. The number of ether oxygens (including phenoxy) is 2. The van der Waals surface area contributed by atoms with Crippen molar-refractivity contribution in [1.29, 1.82) is 0 Å². The lowest BCUT2D eigenvalue weighted by Gasteiger charge is -2.34. The predicted octanol–water partition coefficient (Wildman–Crippen LogP) is 7.12. The fourth-order valence-corrected chi connectivity index (χ4v) is 6.04. The number of hydrogen-bond acceptors (Lipinski definition) is 3. The lowest BCUT2D eigenvalue weighted by molar-refractivity contribution is 0.465. The van der Waals surface area contributed by atoms with Crippen molar-refractivity contribution in [3.63, 3.8) is 0 Å². The van der Waals surface area contributed by atoms with Gasteiger partial charge in [0.15, 0.2) is 0 Å². The Labute approximate surface area is 233 Å². The van der Waals surface area contributed by atoms with Crippen LogP contribution in [0.2, 0.25) is 0 Å². The van der Waals surface area contributed by atoms with Gasteiger partial charge in [-0.05, 0) is 76.0 Å².